The summed E-state index contributed by atoms with van der Waals surface area (Å²) in [5.74, 6) is -0.401. The molecule has 0 heterocycles. The van der Waals surface area contributed by atoms with Gasteiger partial charge in [-0.3, -0.25) is 4.79 Å². The molecule has 6 nitrogen and oxygen atoms in total. The zero-order valence-corrected chi connectivity index (χ0v) is 12.5. The van der Waals surface area contributed by atoms with E-state index in [-0.39, 0.29) is 6.42 Å². The Morgan fingerprint density at radius 2 is 1.95 bits per heavy atom. The fraction of sp³-hybridized carbons (Fsp3) is 0.500. The maximum absolute atomic E-state index is 11.4. The molecule has 1 amide bonds. The molecule has 0 unspecified atom stereocenters. The first kappa shape index (κ1) is 16.3. The van der Waals surface area contributed by atoms with Crippen molar-refractivity contribution in [3.8, 4) is 5.75 Å². The molecule has 0 aliphatic heterocycles. The number of carbonyl (C=O) groups excluding carboxylic acids is 1. The van der Waals surface area contributed by atoms with Crippen molar-refractivity contribution in [1.82, 2.24) is 5.32 Å². The highest BCUT2D eigenvalue weighted by Gasteiger charge is 2.23. The number of rotatable bonds is 8. The van der Waals surface area contributed by atoms with E-state index in [1.54, 1.807) is 24.3 Å². The third kappa shape index (κ3) is 5.04. The Labute approximate surface area is 129 Å². The van der Waals surface area contributed by atoms with Gasteiger partial charge in [0.25, 0.3) is 0 Å². The maximum Gasteiger partial charge on any atom is 0.326 e. The predicted molar refractivity (Wildman–Crippen MR) is 79.6 cm³/mol. The third-order valence-corrected chi connectivity index (χ3v) is 3.54. The fourth-order valence-electron chi connectivity index (χ4n) is 1.95. The number of carboxylic acid groups (broad SMARTS) is 1. The van der Waals surface area contributed by atoms with E-state index in [9.17, 15) is 9.59 Å². The largest absolute Gasteiger partial charge is 0.493 e. The van der Waals surface area contributed by atoms with Gasteiger partial charge in [-0.2, -0.15) is 0 Å². The number of aliphatic hydroxyl groups is 1. The van der Waals surface area contributed by atoms with Gasteiger partial charge in [0.05, 0.1) is 6.61 Å². The van der Waals surface area contributed by atoms with Gasteiger partial charge in [-0.25, -0.2) is 4.79 Å². The third-order valence-electron chi connectivity index (χ3n) is 3.54. The molecule has 0 bridgehead atoms. The second kappa shape index (κ2) is 7.26. The fourth-order valence-corrected chi connectivity index (χ4v) is 1.95. The van der Waals surface area contributed by atoms with Gasteiger partial charge in [-0.1, -0.05) is 12.1 Å². The summed E-state index contributed by atoms with van der Waals surface area (Å²) in [7, 11) is 0. The van der Waals surface area contributed by atoms with E-state index in [1.807, 2.05) is 0 Å². The standard InChI is InChI=1S/C16H21NO5/c1-10(18)15(19)17-14(16(20)21)8-11-4-6-13(7-5-11)22-9-12-2-3-12/h4-7,10,12,14,18H,2-3,8-9H2,1H3,(H,17,19)(H,20,21)/t10-,14+/m0/s1. The molecule has 1 aromatic rings. The van der Waals surface area contributed by atoms with Gasteiger partial charge < -0.3 is 20.3 Å². The van der Waals surface area contributed by atoms with Crippen LogP contribution in [0, 0.1) is 5.92 Å². The number of nitrogens with one attached hydrogen (secondary N) is 1. The first-order valence-electron chi connectivity index (χ1n) is 7.38. The number of carbonyl (C=O) groups is 2. The lowest BCUT2D eigenvalue weighted by atomic mass is 10.1. The zero-order chi connectivity index (χ0) is 16.1. The quantitative estimate of drug-likeness (QED) is 0.665. The number of hydrogen-bond acceptors (Lipinski definition) is 4. The number of amides is 1. The van der Waals surface area contributed by atoms with Gasteiger partial charge in [0.15, 0.2) is 0 Å². The maximum atomic E-state index is 11.4. The molecular formula is C16H21NO5. The van der Waals surface area contributed by atoms with Crippen LogP contribution < -0.4 is 10.1 Å². The summed E-state index contributed by atoms with van der Waals surface area (Å²) in [4.78, 5) is 22.6. The number of aliphatic carboxylic acids is 1. The van der Waals surface area contributed by atoms with Crippen LogP contribution in [0.15, 0.2) is 24.3 Å². The van der Waals surface area contributed by atoms with Crippen molar-refractivity contribution in [3.63, 3.8) is 0 Å². The van der Waals surface area contributed by atoms with Crippen LogP contribution in [0.5, 0.6) is 5.75 Å². The normalized spacial score (nSPS) is 16.6. The number of benzene rings is 1. The summed E-state index contributed by atoms with van der Waals surface area (Å²) in [5, 5.41) is 20.6. The molecule has 6 heteroatoms. The monoisotopic (exact) mass is 307 g/mol. The van der Waals surface area contributed by atoms with E-state index in [0.717, 1.165) is 17.9 Å². The minimum Gasteiger partial charge on any atom is -0.493 e. The molecular weight excluding hydrogens is 286 g/mol. The molecule has 120 valence electrons. The number of carboxylic acids is 1. The zero-order valence-electron chi connectivity index (χ0n) is 12.5. The predicted octanol–water partition coefficient (Wildman–Crippen LogP) is 0.968. The SMILES string of the molecule is C[C@H](O)C(=O)N[C@H](Cc1ccc(OCC2CC2)cc1)C(=O)O. The summed E-state index contributed by atoms with van der Waals surface area (Å²) in [6.07, 6.45) is 1.36. The lowest BCUT2D eigenvalue weighted by Gasteiger charge is -2.16. The highest BCUT2D eigenvalue weighted by Crippen LogP contribution is 2.29. The van der Waals surface area contributed by atoms with Crippen molar-refractivity contribution in [1.29, 1.82) is 0 Å². The minimum atomic E-state index is -1.24. The van der Waals surface area contributed by atoms with Gasteiger partial charge in [0.1, 0.15) is 17.9 Å². The average molecular weight is 307 g/mol. The first-order valence-corrected chi connectivity index (χ1v) is 7.38. The summed E-state index contributed by atoms with van der Waals surface area (Å²) < 4.78 is 5.61. The van der Waals surface area contributed by atoms with Crippen LogP contribution in [0.25, 0.3) is 0 Å². The Balaban J connectivity index is 1.90. The van der Waals surface area contributed by atoms with Crippen molar-refractivity contribution in [2.24, 2.45) is 5.92 Å². The number of hydrogen-bond donors (Lipinski definition) is 3. The molecule has 1 aliphatic carbocycles. The van der Waals surface area contributed by atoms with Gasteiger partial charge in [0.2, 0.25) is 5.91 Å². The molecule has 1 fully saturated rings. The molecule has 1 aliphatic rings. The molecule has 0 spiro atoms. The van der Waals surface area contributed by atoms with Crippen LogP contribution in [0.3, 0.4) is 0 Å². The lowest BCUT2D eigenvalue weighted by Crippen LogP contribution is -2.45. The van der Waals surface area contributed by atoms with Crippen LogP contribution in [0.4, 0.5) is 0 Å². The molecule has 0 radical (unpaired) electrons. The van der Waals surface area contributed by atoms with Gasteiger partial charge in [-0.15, -0.1) is 0 Å². The van der Waals surface area contributed by atoms with Gasteiger partial charge >= 0.3 is 5.97 Å². The molecule has 1 saturated carbocycles. The molecule has 1 aromatic carbocycles. The molecule has 2 atom stereocenters. The van der Waals surface area contributed by atoms with Gasteiger partial charge in [0, 0.05) is 6.42 Å². The summed E-state index contributed by atoms with van der Waals surface area (Å²) >= 11 is 0. The van der Waals surface area contributed by atoms with Crippen LogP contribution in [0.2, 0.25) is 0 Å². The Kier molecular flexibility index (Phi) is 5.38. The Morgan fingerprint density at radius 1 is 1.32 bits per heavy atom. The van der Waals surface area contributed by atoms with Crippen molar-refractivity contribution in [3.05, 3.63) is 29.8 Å². The van der Waals surface area contributed by atoms with E-state index >= 15 is 0 Å². The van der Waals surface area contributed by atoms with Crippen LogP contribution >= 0.6 is 0 Å². The lowest BCUT2D eigenvalue weighted by molar-refractivity contribution is -0.143. The van der Waals surface area contributed by atoms with Crippen molar-refractivity contribution in [2.45, 2.75) is 38.3 Å². The second-order valence-corrected chi connectivity index (χ2v) is 5.68. The highest BCUT2D eigenvalue weighted by atomic mass is 16.5. The van der Waals surface area contributed by atoms with Crippen molar-refractivity contribution < 1.29 is 24.5 Å². The molecule has 0 saturated heterocycles. The van der Waals surface area contributed by atoms with E-state index in [2.05, 4.69) is 5.32 Å². The molecule has 3 N–H and O–H groups in total. The number of aliphatic hydroxyl groups excluding tert-OH is 1. The Morgan fingerprint density at radius 3 is 2.45 bits per heavy atom. The summed E-state index contributed by atoms with van der Waals surface area (Å²) in [6.45, 7) is 2.02. The van der Waals surface area contributed by atoms with Crippen LogP contribution in [-0.4, -0.2) is 40.8 Å². The molecule has 0 aromatic heterocycles. The summed E-state index contributed by atoms with van der Waals surface area (Å²) in [6, 6.07) is 6.10. The first-order chi connectivity index (χ1) is 10.5. The van der Waals surface area contributed by atoms with Crippen molar-refractivity contribution in [2.75, 3.05) is 6.61 Å². The molecule has 22 heavy (non-hydrogen) atoms. The number of ether oxygens (including phenoxy) is 1. The Bertz CT molecular complexity index is 522. The highest BCUT2D eigenvalue weighted by molar-refractivity contribution is 5.86. The van der Waals surface area contributed by atoms with Gasteiger partial charge in [-0.05, 0) is 43.4 Å². The smallest absolute Gasteiger partial charge is 0.326 e. The summed E-state index contributed by atoms with van der Waals surface area (Å²) in [5.41, 5.74) is 0.775. The Hall–Kier alpha value is -2.08. The van der Waals surface area contributed by atoms with E-state index in [0.29, 0.717) is 5.92 Å². The van der Waals surface area contributed by atoms with Crippen LogP contribution in [0.1, 0.15) is 25.3 Å². The van der Waals surface area contributed by atoms with E-state index in [1.165, 1.54) is 19.8 Å². The van der Waals surface area contributed by atoms with Crippen LogP contribution in [-0.2, 0) is 16.0 Å². The topological polar surface area (TPSA) is 95.9 Å². The van der Waals surface area contributed by atoms with E-state index in [4.69, 9.17) is 14.9 Å². The molecule has 2 rings (SSSR count). The second-order valence-electron chi connectivity index (χ2n) is 5.68. The van der Waals surface area contributed by atoms with E-state index < -0.39 is 24.0 Å². The average Bonchev–Trinajstić information content (AvgIpc) is 3.29. The minimum absolute atomic E-state index is 0.150. The van der Waals surface area contributed by atoms with Crippen molar-refractivity contribution >= 4 is 11.9 Å².